The molecule has 1 unspecified atom stereocenters. The second-order valence-electron chi connectivity index (χ2n) is 5.21. The maximum Gasteiger partial charge on any atom is 0.317 e. The Morgan fingerprint density at radius 1 is 1.35 bits per heavy atom. The smallest absolute Gasteiger partial charge is 0.317 e. The minimum atomic E-state index is -0.784. The van der Waals surface area contributed by atoms with Crippen molar-refractivity contribution in [2.45, 2.75) is 51.0 Å². The molecule has 0 radical (unpaired) electrons. The Bertz CT molecular complexity index is 313. The quantitative estimate of drug-likeness (QED) is 0.676. The molecular weight excluding hydrogens is 276 g/mol. The van der Waals surface area contributed by atoms with Crippen LogP contribution in [0.5, 0.6) is 0 Å². The van der Waals surface area contributed by atoms with Crippen LogP contribution in [0.1, 0.15) is 44.9 Å². The molecule has 6 heteroatoms. The number of hydrogen-bond donors (Lipinski definition) is 2. The van der Waals surface area contributed by atoms with E-state index in [1.54, 1.807) is 0 Å². The summed E-state index contributed by atoms with van der Waals surface area (Å²) in [6.07, 6.45) is 7.93. The van der Waals surface area contributed by atoms with Gasteiger partial charge in [0, 0.05) is 25.6 Å². The van der Waals surface area contributed by atoms with Crippen LogP contribution in [0.3, 0.4) is 0 Å². The lowest BCUT2D eigenvalue weighted by Crippen LogP contribution is -2.49. The van der Waals surface area contributed by atoms with Gasteiger partial charge in [-0.1, -0.05) is 0 Å². The molecule has 1 aliphatic heterocycles. The average Bonchev–Trinajstić information content (AvgIpc) is 2.45. The van der Waals surface area contributed by atoms with E-state index in [-0.39, 0.29) is 18.5 Å². The second-order valence-corrected chi connectivity index (χ2v) is 6.19. The lowest BCUT2D eigenvalue weighted by molar-refractivity contribution is -0.137. The first-order chi connectivity index (χ1) is 9.65. The number of likely N-dealkylation sites (tertiary alicyclic amines) is 1. The summed E-state index contributed by atoms with van der Waals surface area (Å²) in [5, 5.41) is 11.7. The summed E-state index contributed by atoms with van der Waals surface area (Å²) in [6.45, 7) is 1.46. The molecule has 5 nitrogen and oxygen atoms in total. The van der Waals surface area contributed by atoms with Crippen molar-refractivity contribution in [3.63, 3.8) is 0 Å². The zero-order valence-electron chi connectivity index (χ0n) is 12.3. The lowest BCUT2D eigenvalue weighted by atomic mass is 9.98. The molecule has 0 aromatic rings. The van der Waals surface area contributed by atoms with Gasteiger partial charge in [0.2, 0.25) is 0 Å². The van der Waals surface area contributed by atoms with Gasteiger partial charge in [-0.2, -0.15) is 11.8 Å². The standard InChI is InChI=1S/C14H26N2O3S/c1-20-11-5-3-9-15-14(19)16-10-4-2-6-12(16)7-8-13(17)18/h12H,2-11H2,1H3,(H,15,19)(H,17,18). The fourth-order valence-electron chi connectivity index (χ4n) is 2.53. The first kappa shape index (κ1) is 17.1. The summed E-state index contributed by atoms with van der Waals surface area (Å²) in [5.41, 5.74) is 0. The zero-order valence-corrected chi connectivity index (χ0v) is 13.1. The molecule has 1 atom stereocenters. The summed E-state index contributed by atoms with van der Waals surface area (Å²) in [4.78, 5) is 24.7. The van der Waals surface area contributed by atoms with Crippen LogP contribution in [0.4, 0.5) is 4.79 Å². The molecule has 1 heterocycles. The largest absolute Gasteiger partial charge is 0.481 e. The van der Waals surface area contributed by atoms with Crippen molar-refractivity contribution >= 4 is 23.8 Å². The summed E-state index contributed by atoms with van der Waals surface area (Å²) in [6, 6.07) is 0.0651. The molecule has 0 aromatic heterocycles. The van der Waals surface area contributed by atoms with Crippen LogP contribution in [0, 0.1) is 0 Å². The molecule has 0 aliphatic carbocycles. The number of carboxylic acid groups (broad SMARTS) is 1. The maximum absolute atomic E-state index is 12.1. The monoisotopic (exact) mass is 302 g/mol. The fourth-order valence-corrected chi connectivity index (χ4v) is 3.02. The van der Waals surface area contributed by atoms with Gasteiger partial charge >= 0.3 is 12.0 Å². The van der Waals surface area contributed by atoms with E-state index in [9.17, 15) is 9.59 Å². The van der Waals surface area contributed by atoms with Gasteiger partial charge in [0.05, 0.1) is 0 Å². The second kappa shape index (κ2) is 9.91. The predicted octanol–water partition coefficient (Wildman–Crippen LogP) is 2.56. The van der Waals surface area contributed by atoms with E-state index in [1.807, 2.05) is 16.7 Å². The van der Waals surface area contributed by atoms with Crippen LogP contribution < -0.4 is 5.32 Å². The van der Waals surface area contributed by atoms with Crippen LogP contribution in [0.25, 0.3) is 0 Å². The SMILES string of the molecule is CSCCCCNC(=O)N1CCCCC1CCC(=O)O. The molecule has 0 bridgehead atoms. The number of unbranched alkanes of at least 4 members (excludes halogenated alkanes) is 1. The fraction of sp³-hybridized carbons (Fsp3) is 0.857. The molecule has 20 heavy (non-hydrogen) atoms. The van der Waals surface area contributed by atoms with Gasteiger partial charge in [-0.3, -0.25) is 4.79 Å². The highest BCUT2D eigenvalue weighted by Crippen LogP contribution is 2.20. The number of carbonyl (C=O) groups is 2. The van der Waals surface area contributed by atoms with Gasteiger partial charge in [-0.25, -0.2) is 4.79 Å². The number of carbonyl (C=O) groups excluding carboxylic acids is 1. The summed E-state index contributed by atoms with van der Waals surface area (Å²) in [7, 11) is 0. The highest BCUT2D eigenvalue weighted by Gasteiger charge is 2.26. The highest BCUT2D eigenvalue weighted by molar-refractivity contribution is 7.98. The molecule has 2 amide bonds. The van der Waals surface area contributed by atoms with Crippen LogP contribution >= 0.6 is 11.8 Å². The van der Waals surface area contributed by atoms with E-state index in [1.165, 1.54) is 0 Å². The average molecular weight is 302 g/mol. The number of hydrogen-bond acceptors (Lipinski definition) is 3. The minimum absolute atomic E-state index is 0.0239. The van der Waals surface area contributed by atoms with Gasteiger partial charge in [0.1, 0.15) is 0 Å². The van der Waals surface area contributed by atoms with Gasteiger partial charge < -0.3 is 15.3 Å². The number of nitrogens with one attached hydrogen (secondary N) is 1. The van der Waals surface area contributed by atoms with Crippen molar-refractivity contribution in [2.75, 3.05) is 25.1 Å². The van der Waals surface area contributed by atoms with Crippen molar-refractivity contribution in [1.29, 1.82) is 0 Å². The van der Waals surface area contributed by atoms with Crippen molar-refractivity contribution in [3.05, 3.63) is 0 Å². The molecule has 116 valence electrons. The molecule has 2 N–H and O–H groups in total. The first-order valence-electron chi connectivity index (χ1n) is 7.40. The van der Waals surface area contributed by atoms with Crippen LogP contribution in [-0.2, 0) is 4.79 Å². The molecule has 1 saturated heterocycles. The van der Waals surface area contributed by atoms with Gasteiger partial charge in [-0.15, -0.1) is 0 Å². The van der Waals surface area contributed by atoms with Crippen LogP contribution in [-0.4, -0.2) is 53.1 Å². The summed E-state index contributed by atoms with van der Waals surface area (Å²) >= 11 is 1.82. The zero-order chi connectivity index (χ0) is 14.8. The lowest BCUT2D eigenvalue weighted by Gasteiger charge is -2.35. The normalized spacial score (nSPS) is 18.9. The molecule has 0 saturated carbocycles. The van der Waals surface area contributed by atoms with Crippen LogP contribution in [0.15, 0.2) is 0 Å². The van der Waals surface area contributed by atoms with Gasteiger partial charge in [0.25, 0.3) is 0 Å². The van der Waals surface area contributed by atoms with Crippen molar-refractivity contribution < 1.29 is 14.7 Å². The van der Waals surface area contributed by atoms with E-state index in [2.05, 4.69) is 11.6 Å². The van der Waals surface area contributed by atoms with Crippen molar-refractivity contribution in [2.24, 2.45) is 0 Å². The Labute approximate surface area is 125 Å². The third-order valence-corrected chi connectivity index (χ3v) is 4.33. The van der Waals surface area contributed by atoms with E-state index < -0.39 is 5.97 Å². The Hall–Kier alpha value is -0.910. The van der Waals surface area contributed by atoms with Gasteiger partial charge in [0.15, 0.2) is 0 Å². The number of aliphatic carboxylic acids is 1. The number of urea groups is 1. The number of nitrogens with zero attached hydrogens (tertiary/aromatic N) is 1. The maximum atomic E-state index is 12.1. The minimum Gasteiger partial charge on any atom is -0.481 e. The third-order valence-electron chi connectivity index (χ3n) is 3.63. The number of piperidine rings is 1. The molecular formula is C14H26N2O3S. The number of carboxylic acids is 1. The Kier molecular flexibility index (Phi) is 8.49. The van der Waals surface area contributed by atoms with E-state index in [0.717, 1.165) is 44.4 Å². The summed E-state index contributed by atoms with van der Waals surface area (Å²) in [5.74, 6) is 0.342. The van der Waals surface area contributed by atoms with Crippen molar-refractivity contribution in [3.8, 4) is 0 Å². The topological polar surface area (TPSA) is 69.6 Å². The number of amides is 2. The third kappa shape index (κ3) is 6.50. The first-order valence-corrected chi connectivity index (χ1v) is 8.79. The van der Waals surface area contributed by atoms with E-state index >= 15 is 0 Å². The molecule has 1 rings (SSSR count). The molecule has 1 fully saturated rings. The Morgan fingerprint density at radius 3 is 2.85 bits per heavy atom. The van der Waals surface area contributed by atoms with E-state index in [4.69, 9.17) is 5.11 Å². The van der Waals surface area contributed by atoms with Gasteiger partial charge in [-0.05, 0) is 50.5 Å². The molecule has 1 aliphatic rings. The van der Waals surface area contributed by atoms with Crippen molar-refractivity contribution in [1.82, 2.24) is 10.2 Å². The predicted molar refractivity (Wildman–Crippen MR) is 82.2 cm³/mol. The number of thioether (sulfide) groups is 1. The Balaban J connectivity index is 2.32. The van der Waals surface area contributed by atoms with Crippen LogP contribution in [0.2, 0.25) is 0 Å². The molecule has 0 spiro atoms. The highest BCUT2D eigenvalue weighted by atomic mass is 32.2. The Morgan fingerprint density at radius 2 is 2.15 bits per heavy atom. The summed E-state index contributed by atoms with van der Waals surface area (Å²) < 4.78 is 0. The molecule has 0 aromatic carbocycles. The number of rotatable bonds is 8. The van der Waals surface area contributed by atoms with E-state index in [0.29, 0.717) is 13.0 Å².